The van der Waals surface area contributed by atoms with Crippen molar-refractivity contribution in [3.05, 3.63) is 35.0 Å². The molecule has 2 heterocycles. The number of carbonyl (C=O) groups is 1. The van der Waals surface area contributed by atoms with Gasteiger partial charge in [-0.2, -0.15) is 5.10 Å². The van der Waals surface area contributed by atoms with Crippen LogP contribution in [-0.2, 0) is 0 Å². The summed E-state index contributed by atoms with van der Waals surface area (Å²) in [5.41, 5.74) is 0.991. The Kier molecular flexibility index (Phi) is 2.82. The molecule has 7 heteroatoms. The largest absolute Gasteiger partial charge is 0.305 e. The number of anilines is 1. The topological polar surface area (TPSA) is 83.6 Å². The van der Waals surface area contributed by atoms with Crippen LogP contribution in [0.4, 0.5) is 5.82 Å². The zero-order valence-corrected chi connectivity index (χ0v) is 9.12. The summed E-state index contributed by atoms with van der Waals surface area (Å²) in [5.74, 6) is 0.147. The fourth-order valence-electron chi connectivity index (χ4n) is 1.10. The highest BCUT2D eigenvalue weighted by atomic mass is 35.5. The number of hydrogen-bond donors (Lipinski definition) is 2. The smallest absolute Gasteiger partial charge is 0.277 e. The third-order valence-electron chi connectivity index (χ3n) is 1.91. The van der Waals surface area contributed by atoms with Crippen LogP contribution in [-0.4, -0.2) is 26.1 Å². The second kappa shape index (κ2) is 4.28. The zero-order chi connectivity index (χ0) is 11.5. The second-order valence-corrected chi connectivity index (χ2v) is 3.50. The quantitative estimate of drug-likeness (QED) is 0.827. The van der Waals surface area contributed by atoms with Crippen molar-refractivity contribution in [3.8, 4) is 0 Å². The molecule has 0 fully saturated rings. The third-order valence-corrected chi connectivity index (χ3v) is 2.09. The molecular formula is C9H8ClN5O. The molecule has 0 aliphatic heterocycles. The number of H-pyrrole nitrogens is 1. The van der Waals surface area contributed by atoms with E-state index in [0.29, 0.717) is 5.82 Å². The summed E-state index contributed by atoms with van der Waals surface area (Å²) in [5, 5.41) is 9.23. The molecule has 0 saturated carbocycles. The Balaban J connectivity index is 2.18. The highest BCUT2D eigenvalue weighted by Gasteiger charge is 2.10. The molecule has 2 aromatic rings. The molecule has 0 saturated heterocycles. The number of carbonyl (C=O) groups excluding carboxylic acids is 1. The average molecular weight is 238 g/mol. The highest BCUT2D eigenvalue weighted by Crippen LogP contribution is 2.10. The molecule has 16 heavy (non-hydrogen) atoms. The van der Waals surface area contributed by atoms with Gasteiger partial charge in [0, 0.05) is 5.56 Å². The van der Waals surface area contributed by atoms with E-state index in [-0.39, 0.29) is 16.8 Å². The van der Waals surface area contributed by atoms with Crippen LogP contribution >= 0.6 is 11.6 Å². The first-order valence-corrected chi connectivity index (χ1v) is 4.83. The number of aryl methyl sites for hydroxylation is 1. The number of aromatic amines is 1. The Hall–Kier alpha value is -1.95. The van der Waals surface area contributed by atoms with Gasteiger partial charge in [-0.3, -0.25) is 14.9 Å². The fourth-order valence-corrected chi connectivity index (χ4v) is 1.25. The van der Waals surface area contributed by atoms with Gasteiger partial charge in [-0.15, -0.1) is 0 Å². The first kappa shape index (κ1) is 10.6. The number of halogens is 1. The van der Waals surface area contributed by atoms with Crippen LogP contribution < -0.4 is 5.32 Å². The molecule has 0 spiro atoms. The number of amides is 1. The fraction of sp³-hybridized carbons (Fsp3) is 0.111. The van der Waals surface area contributed by atoms with Gasteiger partial charge in [0.25, 0.3) is 5.91 Å². The number of nitrogens with one attached hydrogen (secondary N) is 2. The van der Waals surface area contributed by atoms with E-state index in [0.717, 1.165) is 5.56 Å². The SMILES string of the molecule is Cc1cn[nH]c1NC(=O)c1cncc(Cl)n1. The minimum absolute atomic E-state index is 0.154. The van der Waals surface area contributed by atoms with Crippen molar-refractivity contribution in [1.82, 2.24) is 20.2 Å². The van der Waals surface area contributed by atoms with Crippen LogP contribution in [0.5, 0.6) is 0 Å². The Bertz CT molecular complexity index is 524. The first-order chi connectivity index (χ1) is 7.66. The molecule has 0 bridgehead atoms. The monoisotopic (exact) mass is 237 g/mol. The molecule has 0 aromatic carbocycles. The van der Waals surface area contributed by atoms with Gasteiger partial charge in [-0.1, -0.05) is 11.6 Å². The van der Waals surface area contributed by atoms with Gasteiger partial charge < -0.3 is 5.32 Å². The first-order valence-electron chi connectivity index (χ1n) is 4.45. The van der Waals surface area contributed by atoms with E-state index in [1.165, 1.54) is 12.4 Å². The lowest BCUT2D eigenvalue weighted by atomic mass is 10.3. The minimum atomic E-state index is -0.387. The molecule has 0 radical (unpaired) electrons. The number of nitrogens with zero attached hydrogens (tertiary/aromatic N) is 3. The van der Waals surface area contributed by atoms with Gasteiger partial charge in [0.1, 0.15) is 16.7 Å². The average Bonchev–Trinajstić information content (AvgIpc) is 2.64. The molecule has 0 aliphatic rings. The van der Waals surface area contributed by atoms with Crippen molar-refractivity contribution < 1.29 is 4.79 Å². The van der Waals surface area contributed by atoms with Crippen LogP contribution in [0.15, 0.2) is 18.6 Å². The Morgan fingerprint density at radius 3 is 2.88 bits per heavy atom. The van der Waals surface area contributed by atoms with E-state index in [9.17, 15) is 4.79 Å². The summed E-state index contributed by atoms with van der Waals surface area (Å²) in [4.78, 5) is 19.3. The molecular weight excluding hydrogens is 230 g/mol. The number of rotatable bonds is 2. The van der Waals surface area contributed by atoms with Gasteiger partial charge >= 0.3 is 0 Å². The molecule has 2 N–H and O–H groups in total. The van der Waals surface area contributed by atoms with Crippen molar-refractivity contribution in [3.63, 3.8) is 0 Å². The maximum absolute atomic E-state index is 11.7. The van der Waals surface area contributed by atoms with Gasteiger partial charge in [-0.05, 0) is 6.92 Å². The van der Waals surface area contributed by atoms with Crippen LogP contribution in [0.1, 0.15) is 16.1 Å². The molecule has 2 rings (SSSR count). The lowest BCUT2D eigenvalue weighted by molar-refractivity contribution is 0.102. The predicted molar refractivity (Wildman–Crippen MR) is 58.3 cm³/mol. The van der Waals surface area contributed by atoms with Crippen molar-refractivity contribution >= 4 is 23.3 Å². The number of aromatic nitrogens is 4. The van der Waals surface area contributed by atoms with Gasteiger partial charge in [-0.25, -0.2) is 4.98 Å². The van der Waals surface area contributed by atoms with Crippen LogP contribution in [0.25, 0.3) is 0 Å². The normalized spacial score (nSPS) is 10.1. The summed E-state index contributed by atoms with van der Waals surface area (Å²) >= 11 is 5.63. The maximum atomic E-state index is 11.7. The number of hydrogen-bond acceptors (Lipinski definition) is 4. The van der Waals surface area contributed by atoms with Crippen molar-refractivity contribution in [1.29, 1.82) is 0 Å². The molecule has 2 aromatic heterocycles. The minimum Gasteiger partial charge on any atom is -0.305 e. The van der Waals surface area contributed by atoms with Crippen molar-refractivity contribution in [2.45, 2.75) is 6.92 Å². The molecule has 0 unspecified atom stereocenters. The van der Waals surface area contributed by atoms with E-state index < -0.39 is 0 Å². The summed E-state index contributed by atoms with van der Waals surface area (Å²) in [6.45, 7) is 1.82. The lowest BCUT2D eigenvalue weighted by Crippen LogP contribution is -2.15. The van der Waals surface area contributed by atoms with E-state index in [1.807, 2.05) is 6.92 Å². The second-order valence-electron chi connectivity index (χ2n) is 3.11. The predicted octanol–water partition coefficient (Wildman–Crippen LogP) is 1.41. The van der Waals surface area contributed by atoms with Crippen LogP contribution in [0.3, 0.4) is 0 Å². The van der Waals surface area contributed by atoms with Crippen molar-refractivity contribution in [2.75, 3.05) is 5.32 Å². The zero-order valence-electron chi connectivity index (χ0n) is 8.36. The Labute approximate surface area is 96.1 Å². The van der Waals surface area contributed by atoms with Gasteiger partial charge in [0.15, 0.2) is 0 Å². The Morgan fingerprint density at radius 1 is 1.44 bits per heavy atom. The highest BCUT2D eigenvalue weighted by molar-refractivity contribution is 6.29. The summed E-state index contributed by atoms with van der Waals surface area (Å²) in [6.07, 6.45) is 4.31. The summed E-state index contributed by atoms with van der Waals surface area (Å²) in [7, 11) is 0. The van der Waals surface area contributed by atoms with Crippen LogP contribution in [0, 0.1) is 6.92 Å². The summed E-state index contributed by atoms with van der Waals surface area (Å²) < 4.78 is 0. The summed E-state index contributed by atoms with van der Waals surface area (Å²) in [6, 6.07) is 0. The molecule has 6 nitrogen and oxygen atoms in total. The molecule has 1 amide bonds. The molecule has 0 aliphatic carbocycles. The van der Waals surface area contributed by atoms with E-state index in [4.69, 9.17) is 11.6 Å². The van der Waals surface area contributed by atoms with Gasteiger partial charge in [0.05, 0.1) is 18.6 Å². The van der Waals surface area contributed by atoms with E-state index >= 15 is 0 Å². The Morgan fingerprint density at radius 2 is 2.25 bits per heavy atom. The van der Waals surface area contributed by atoms with Crippen LogP contribution in [0.2, 0.25) is 5.15 Å². The standard InChI is InChI=1S/C9H8ClN5O/c1-5-2-12-15-8(5)14-9(16)6-3-11-4-7(10)13-6/h2-4H,1H3,(H2,12,14,15,16). The lowest BCUT2D eigenvalue weighted by Gasteiger charge is -2.02. The maximum Gasteiger partial charge on any atom is 0.277 e. The molecule has 0 atom stereocenters. The van der Waals surface area contributed by atoms with E-state index in [1.54, 1.807) is 6.20 Å². The van der Waals surface area contributed by atoms with E-state index in [2.05, 4.69) is 25.5 Å². The third kappa shape index (κ3) is 2.17. The van der Waals surface area contributed by atoms with Gasteiger partial charge in [0.2, 0.25) is 0 Å². The molecule has 82 valence electrons. The van der Waals surface area contributed by atoms with Crippen molar-refractivity contribution in [2.24, 2.45) is 0 Å².